The van der Waals surface area contributed by atoms with E-state index >= 15 is 0 Å². The largest absolute Gasteiger partial charge is 0.444 e. The number of halogens is 1. The highest BCUT2D eigenvalue weighted by Crippen LogP contribution is 2.25. The average molecular weight is 343 g/mol. The predicted octanol–water partition coefficient (Wildman–Crippen LogP) is 2.66. The van der Waals surface area contributed by atoms with Crippen molar-refractivity contribution in [2.24, 2.45) is 0 Å². The first-order chi connectivity index (χ1) is 10.8. The Morgan fingerprint density at radius 3 is 2.83 bits per heavy atom. The summed E-state index contributed by atoms with van der Waals surface area (Å²) in [5.41, 5.74) is 1.24. The molecule has 1 aliphatic heterocycles. The van der Waals surface area contributed by atoms with E-state index in [-0.39, 0.29) is 12.0 Å². The van der Waals surface area contributed by atoms with Crippen LogP contribution in [0.1, 0.15) is 44.9 Å². The van der Waals surface area contributed by atoms with Crippen LogP contribution < -0.4 is 5.32 Å². The van der Waals surface area contributed by atoms with E-state index in [1.54, 1.807) is 4.90 Å². The molecule has 0 saturated heterocycles. The van der Waals surface area contributed by atoms with Crippen molar-refractivity contribution in [3.05, 3.63) is 11.3 Å². The maximum Gasteiger partial charge on any atom is 0.410 e. The van der Waals surface area contributed by atoms with Crippen molar-refractivity contribution >= 4 is 29.4 Å². The number of carbonyl (C=O) groups is 2. The fourth-order valence-electron chi connectivity index (χ4n) is 2.30. The van der Waals surface area contributed by atoms with Gasteiger partial charge in [0.25, 0.3) is 0 Å². The molecule has 0 bridgehead atoms. The lowest BCUT2D eigenvalue weighted by molar-refractivity contribution is -0.116. The number of ether oxygens (including phenoxy) is 1. The van der Waals surface area contributed by atoms with Gasteiger partial charge in [0.2, 0.25) is 5.91 Å². The van der Waals surface area contributed by atoms with Gasteiger partial charge in [0, 0.05) is 36.5 Å². The minimum absolute atomic E-state index is 0.130. The Morgan fingerprint density at radius 2 is 2.17 bits per heavy atom. The quantitative estimate of drug-likeness (QED) is 0.823. The lowest BCUT2D eigenvalue weighted by atomic mass is 10.1. The number of H-pyrrole nitrogens is 1. The fraction of sp³-hybridized carbons (Fsp3) is 0.667. The number of aromatic nitrogens is 2. The first-order valence-electron chi connectivity index (χ1n) is 7.70. The van der Waals surface area contributed by atoms with Crippen LogP contribution in [0.25, 0.3) is 0 Å². The number of nitrogens with zero attached hydrogens (tertiary/aromatic N) is 2. The second-order valence-corrected chi connectivity index (χ2v) is 6.90. The standard InChI is InChI=1S/C15H23ClN4O3/c1-15(2,3)23-14(22)20-8-6-11-10(9-20)13(19-18-11)17-12(21)5-4-7-16/h4-9H2,1-3H3,(H2,17,18,19,21). The molecule has 1 aromatic heterocycles. The molecule has 2 heterocycles. The van der Waals surface area contributed by atoms with Crippen molar-refractivity contribution in [2.45, 2.75) is 52.2 Å². The maximum atomic E-state index is 12.2. The fourth-order valence-corrected chi connectivity index (χ4v) is 2.44. The summed E-state index contributed by atoms with van der Waals surface area (Å²) in [7, 11) is 0. The van der Waals surface area contributed by atoms with Crippen molar-refractivity contribution in [2.75, 3.05) is 17.7 Å². The zero-order valence-corrected chi connectivity index (χ0v) is 14.5. The summed E-state index contributed by atoms with van der Waals surface area (Å²) in [5.74, 6) is 0.792. The van der Waals surface area contributed by atoms with Crippen LogP contribution in [0, 0.1) is 0 Å². The van der Waals surface area contributed by atoms with Crippen LogP contribution in [0.15, 0.2) is 0 Å². The molecule has 8 heteroatoms. The highest BCUT2D eigenvalue weighted by molar-refractivity contribution is 6.18. The van der Waals surface area contributed by atoms with Crippen molar-refractivity contribution < 1.29 is 14.3 Å². The Balaban J connectivity index is 2.03. The van der Waals surface area contributed by atoms with E-state index < -0.39 is 5.60 Å². The molecule has 2 rings (SSSR count). The lowest BCUT2D eigenvalue weighted by Gasteiger charge is -2.30. The topological polar surface area (TPSA) is 87.3 Å². The number of carbonyl (C=O) groups excluding carboxylic acids is 2. The molecular formula is C15H23ClN4O3. The third-order valence-corrected chi connectivity index (χ3v) is 3.65. The van der Waals surface area contributed by atoms with Crippen molar-refractivity contribution in [3.63, 3.8) is 0 Å². The normalized spacial score (nSPS) is 14.3. The molecule has 2 amide bonds. The highest BCUT2D eigenvalue weighted by atomic mass is 35.5. The lowest BCUT2D eigenvalue weighted by Crippen LogP contribution is -2.40. The molecule has 7 nitrogen and oxygen atoms in total. The predicted molar refractivity (Wildman–Crippen MR) is 87.5 cm³/mol. The summed E-state index contributed by atoms with van der Waals surface area (Å²) in [4.78, 5) is 25.6. The van der Waals surface area contributed by atoms with Crippen LogP contribution in [0.3, 0.4) is 0 Å². The van der Waals surface area contributed by atoms with E-state index in [4.69, 9.17) is 16.3 Å². The molecule has 128 valence electrons. The van der Waals surface area contributed by atoms with E-state index in [0.29, 0.717) is 44.0 Å². The molecule has 2 N–H and O–H groups in total. The van der Waals surface area contributed by atoms with Crippen LogP contribution in [0.2, 0.25) is 0 Å². The third-order valence-electron chi connectivity index (χ3n) is 3.38. The molecule has 0 aromatic carbocycles. The van der Waals surface area contributed by atoms with Gasteiger partial charge in [-0.25, -0.2) is 4.79 Å². The van der Waals surface area contributed by atoms with Crippen LogP contribution in [-0.2, 0) is 22.5 Å². The number of alkyl halides is 1. The molecular weight excluding hydrogens is 320 g/mol. The molecule has 0 spiro atoms. The average Bonchev–Trinajstić information content (AvgIpc) is 2.85. The van der Waals surface area contributed by atoms with Crippen LogP contribution in [0.5, 0.6) is 0 Å². The third kappa shape index (κ3) is 4.86. The Kier molecular flexibility index (Phi) is 5.51. The molecule has 23 heavy (non-hydrogen) atoms. The first-order valence-corrected chi connectivity index (χ1v) is 8.23. The monoisotopic (exact) mass is 342 g/mol. The number of aromatic amines is 1. The number of rotatable bonds is 4. The van der Waals surface area contributed by atoms with E-state index in [9.17, 15) is 9.59 Å². The molecule has 1 aliphatic rings. The van der Waals surface area contributed by atoms with E-state index in [1.165, 1.54) is 0 Å². The highest BCUT2D eigenvalue weighted by Gasteiger charge is 2.28. The number of hydrogen-bond donors (Lipinski definition) is 2. The molecule has 0 unspecified atom stereocenters. The van der Waals surface area contributed by atoms with E-state index in [2.05, 4.69) is 15.5 Å². The number of amides is 2. The molecule has 1 aromatic rings. The summed E-state index contributed by atoms with van der Waals surface area (Å²) in [5, 5.41) is 9.85. The number of anilines is 1. The van der Waals surface area contributed by atoms with E-state index in [0.717, 1.165) is 11.3 Å². The Bertz CT molecular complexity index is 580. The van der Waals surface area contributed by atoms with Gasteiger partial charge in [-0.3, -0.25) is 9.89 Å². The minimum Gasteiger partial charge on any atom is -0.444 e. The maximum absolute atomic E-state index is 12.2. The zero-order chi connectivity index (χ0) is 17.0. The van der Waals surface area contributed by atoms with Gasteiger partial charge < -0.3 is 15.0 Å². The van der Waals surface area contributed by atoms with Crippen LogP contribution >= 0.6 is 11.6 Å². The summed E-state index contributed by atoms with van der Waals surface area (Å²) < 4.78 is 5.40. The summed E-state index contributed by atoms with van der Waals surface area (Å²) in [6.45, 7) is 6.43. The van der Waals surface area contributed by atoms with Gasteiger partial charge in [-0.15, -0.1) is 11.6 Å². The number of hydrogen-bond acceptors (Lipinski definition) is 4. The van der Waals surface area contributed by atoms with Gasteiger partial charge >= 0.3 is 6.09 Å². The van der Waals surface area contributed by atoms with Crippen molar-refractivity contribution in [1.82, 2.24) is 15.1 Å². The smallest absolute Gasteiger partial charge is 0.410 e. The van der Waals surface area contributed by atoms with Crippen LogP contribution in [-0.4, -0.2) is 45.1 Å². The first kappa shape index (κ1) is 17.6. The Hall–Kier alpha value is -1.76. The van der Waals surface area contributed by atoms with E-state index in [1.807, 2.05) is 20.8 Å². The second kappa shape index (κ2) is 7.21. The van der Waals surface area contributed by atoms with Crippen molar-refractivity contribution in [1.29, 1.82) is 0 Å². The molecule has 0 aliphatic carbocycles. The Morgan fingerprint density at radius 1 is 1.43 bits per heavy atom. The van der Waals surface area contributed by atoms with Gasteiger partial charge in [0.15, 0.2) is 5.82 Å². The van der Waals surface area contributed by atoms with Crippen LogP contribution in [0.4, 0.5) is 10.6 Å². The SMILES string of the molecule is CC(C)(C)OC(=O)N1CCc2[nH]nc(NC(=O)CCCCl)c2C1. The summed E-state index contributed by atoms with van der Waals surface area (Å²) in [6, 6.07) is 0. The number of fused-ring (bicyclic) bond motifs is 1. The van der Waals surface area contributed by atoms with Gasteiger partial charge in [0.05, 0.1) is 6.54 Å². The molecule has 0 fully saturated rings. The summed E-state index contributed by atoms with van der Waals surface area (Å²) >= 11 is 5.59. The molecule has 0 atom stereocenters. The van der Waals surface area contributed by atoms with Crippen molar-refractivity contribution in [3.8, 4) is 0 Å². The van der Waals surface area contributed by atoms with Gasteiger partial charge in [-0.05, 0) is 27.2 Å². The van der Waals surface area contributed by atoms with Gasteiger partial charge in [-0.2, -0.15) is 5.10 Å². The molecule has 0 saturated carbocycles. The molecule has 0 radical (unpaired) electrons. The zero-order valence-electron chi connectivity index (χ0n) is 13.7. The van der Waals surface area contributed by atoms with Gasteiger partial charge in [0.1, 0.15) is 5.60 Å². The Labute approximate surface area is 140 Å². The second-order valence-electron chi connectivity index (χ2n) is 6.52. The minimum atomic E-state index is -0.535. The van der Waals surface area contributed by atoms with Gasteiger partial charge in [-0.1, -0.05) is 0 Å². The summed E-state index contributed by atoms with van der Waals surface area (Å²) in [6.07, 6.45) is 1.26. The number of nitrogens with one attached hydrogen (secondary N) is 2.